The SMILES string of the molecule is CCC(CC)C(=O)/C=C(\O)C(CC)CC.[C-]1=[C](c2cc(-c3ccc(-c4ccccc4)cc3)ccn2)[Bi]([c]2ccccc2)[c]2ccccc21.[Ir]. The number of aromatic nitrogens is 1. The van der Waals surface area contributed by atoms with Gasteiger partial charge in [0, 0.05) is 38.0 Å². The van der Waals surface area contributed by atoms with E-state index in [0.717, 1.165) is 31.4 Å². The summed E-state index contributed by atoms with van der Waals surface area (Å²) in [4.78, 5) is 16.5. The van der Waals surface area contributed by atoms with Crippen LogP contribution < -0.4 is 6.54 Å². The van der Waals surface area contributed by atoms with Gasteiger partial charge in [0.25, 0.3) is 0 Å². The average molecular weight is 1020 g/mol. The van der Waals surface area contributed by atoms with Crippen molar-refractivity contribution in [2.24, 2.45) is 11.8 Å². The molecule has 0 amide bonds. The number of fused-ring (bicyclic) bond motifs is 1. The number of pyridine rings is 1. The summed E-state index contributed by atoms with van der Waals surface area (Å²) < 4.78 is 4.30. The van der Waals surface area contributed by atoms with Crippen molar-refractivity contribution in [3.8, 4) is 22.3 Å². The molecule has 2 heterocycles. The van der Waals surface area contributed by atoms with Gasteiger partial charge in [-0.1, -0.05) is 27.7 Å². The average Bonchev–Trinajstić information content (AvgIpc) is 3.54. The summed E-state index contributed by atoms with van der Waals surface area (Å²) in [7, 11) is 0. The van der Waals surface area contributed by atoms with Gasteiger partial charge in [-0.3, -0.25) is 4.79 Å². The number of rotatable bonds is 11. The summed E-state index contributed by atoms with van der Waals surface area (Å²) in [6.07, 6.45) is 10.6. The number of aliphatic hydroxyl groups excluding tert-OH is 1. The van der Waals surface area contributed by atoms with Crippen LogP contribution in [0, 0.1) is 17.9 Å². The second-order valence-corrected chi connectivity index (χ2v) is 20.3. The Labute approximate surface area is 314 Å². The Kier molecular flexibility index (Phi) is 14.9. The van der Waals surface area contributed by atoms with Crippen molar-refractivity contribution in [1.29, 1.82) is 0 Å². The first kappa shape index (κ1) is 38.3. The third-order valence-electron chi connectivity index (χ3n) is 9.05. The molecular formula is C44H45BiIrNO2-. The van der Waals surface area contributed by atoms with Crippen LogP contribution in [0.2, 0.25) is 0 Å². The molecule has 1 aliphatic rings. The molecule has 0 atom stereocenters. The molecule has 5 heteroatoms. The molecule has 1 N–H and O–H groups in total. The van der Waals surface area contributed by atoms with Gasteiger partial charge >= 0.3 is 204 Å². The molecule has 0 spiro atoms. The minimum atomic E-state index is -2.41. The second kappa shape index (κ2) is 19.1. The molecule has 253 valence electrons. The van der Waals surface area contributed by atoms with Gasteiger partial charge in [0.15, 0.2) is 5.78 Å². The molecule has 1 aromatic heterocycles. The van der Waals surface area contributed by atoms with Crippen LogP contribution in [0.25, 0.3) is 25.5 Å². The Balaban J connectivity index is 0.000000290. The van der Waals surface area contributed by atoms with Gasteiger partial charge in [-0.2, -0.15) is 0 Å². The maximum atomic E-state index is 11.7. The third-order valence-corrected chi connectivity index (χ3v) is 18.7. The standard InChI is InChI=1S/C25H16N.C13H24O2.C6H5.Bi.Ir/c1-3-7-20(8-4-1)11-16-25-19-24(17-18-26-25)23-14-12-22(13-15-23)21-9-5-2-6-10-21;1-5-10(6-2)12(14)9-13(15)11(7-3)8-4;1-2-4-6-5-3-1;;/h1-7,9-10,12-15,17-19H;9-11,14H,5-8H2,1-4H3;1-5H;;/q-1;;;;/b;12-9-;;;. The Morgan fingerprint density at radius 2 is 1.22 bits per heavy atom. The summed E-state index contributed by atoms with van der Waals surface area (Å²) in [5, 5.41) is 9.76. The second-order valence-electron chi connectivity index (χ2n) is 12.0. The van der Waals surface area contributed by atoms with E-state index < -0.39 is 21.8 Å². The van der Waals surface area contributed by atoms with Crippen LogP contribution in [-0.4, -0.2) is 37.6 Å². The predicted molar refractivity (Wildman–Crippen MR) is 203 cm³/mol. The maximum Gasteiger partial charge on any atom is 0 e. The Morgan fingerprint density at radius 3 is 1.84 bits per heavy atom. The number of carbonyl (C=O) groups is 1. The number of hydrogen-bond donors (Lipinski definition) is 1. The fourth-order valence-corrected chi connectivity index (χ4v) is 15.6. The monoisotopic (exact) mass is 1020 g/mol. The fraction of sp³-hybridized carbons (Fsp3) is 0.227. The van der Waals surface area contributed by atoms with Gasteiger partial charge in [-0.05, 0) is 25.7 Å². The zero-order valence-electron chi connectivity index (χ0n) is 28.8. The number of benzene rings is 4. The minimum Gasteiger partial charge on any atom is 0 e. The van der Waals surface area contributed by atoms with Gasteiger partial charge in [0.05, 0.1) is 5.76 Å². The van der Waals surface area contributed by atoms with Gasteiger partial charge in [-0.15, -0.1) is 0 Å². The van der Waals surface area contributed by atoms with Gasteiger partial charge < -0.3 is 5.11 Å². The quantitative estimate of drug-likeness (QED) is 0.0621. The molecule has 6 rings (SSSR count). The Hall–Kier alpha value is -3.49. The van der Waals surface area contributed by atoms with E-state index in [4.69, 9.17) is 4.98 Å². The summed E-state index contributed by atoms with van der Waals surface area (Å²) in [6, 6.07) is 43.4. The molecule has 5 aromatic rings. The first-order chi connectivity index (χ1) is 23.5. The van der Waals surface area contributed by atoms with E-state index in [-0.39, 0.29) is 43.5 Å². The van der Waals surface area contributed by atoms with E-state index in [0.29, 0.717) is 0 Å². The van der Waals surface area contributed by atoms with Crippen molar-refractivity contribution in [1.82, 2.24) is 4.98 Å². The van der Waals surface area contributed by atoms with Crippen molar-refractivity contribution in [2.75, 3.05) is 0 Å². The van der Waals surface area contributed by atoms with Crippen LogP contribution in [0.3, 0.4) is 0 Å². The van der Waals surface area contributed by atoms with Crippen LogP contribution in [0.15, 0.2) is 139 Å². The third kappa shape index (κ3) is 9.61. The van der Waals surface area contributed by atoms with Gasteiger partial charge in [-0.25, -0.2) is 0 Å². The number of carbonyl (C=O) groups excluding carboxylic acids is 1. The predicted octanol–water partition coefficient (Wildman–Crippen LogP) is 9.68. The molecule has 49 heavy (non-hydrogen) atoms. The molecule has 0 saturated heterocycles. The van der Waals surface area contributed by atoms with Crippen LogP contribution in [-0.2, 0) is 24.9 Å². The van der Waals surface area contributed by atoms with Gasteiger partial charge in [0.1, 0.15) is 0 Å². The summed E-state index contributed by atoms with van der Waals surface area (Å²) >= 11 is -2.41. The van der Waals surface area contributed by atoms with E-state index in [1.807, 2.05) is 33.9 Å². The molecular weight excluding hydrogens is 976 g/mol. The first-order valence-corrected chi connectivity index (χ1v) is 22.3. The Bertz CT molecular complexity index is 1840. The number of ketones is 1. The van der Waals surface area contributed by atoms with Crippen molar-refractivity contribution in [2.45, 2.75) is 53.4 Å². The summed E-state index contributed by atoms with van der Waals surface area (Å²) in [6.45, 7) is 8.07. The summed E-state index contributed by atoms with van der Waals surface area (Å²) in [5.41, 5.74) is 7.19. The Morgan fingerprint density at radius 1 is 0.694 bits per heavy atom. The molecule has 0 fully saturated rings. The zero-order valence-corrected chi connectivity index (χ0v) is 34.6. The molecule has 1 radical (unpaired) electrons. The zero-order chi connectivity index (χ0) is 33.9. The van der Waals surface area contributed by atoms with E-state index in [9.17, 15) is 9.90 Å². The van der Waals surface area contributed by atoms with Crippen molar-refractivity contribution in [3.05, 3.63) is 157 Å². The maximum absolute atomic E-state index is 11.7. The largest absolute Gasteiger partial charge is 0 e. The minimum absolute atomic E-state index is 0. The van der Waals surface area contributed by atoms with Crippen LogP contribution >= 0.6 is 0 Å². The number of allylic oxidation sites excluding steroid dienone is 2. The van der Waals surface area contributed by atoms with E-state index >= 15 is 0 Å². The van der Waals surface area contributed by atoms with E-state index in [1.165, 1.54) is 43.7 Å². The van der Waals surface area contributed by atoms with E-state index in [2.05, 4.69) is 127 Å². The molecule has 0 saturated carbocycles. The molecule has 1 aliphatic heterocycles. The van der Waals surface area contributed by atoms with E-state index in [1.54, 1.807) is 0 Å². The molecule has 4 aromatic carbocycles. The van der Waals surface area contributed by atoms with Crippen molar-refractivity contribution >= 4 is 37.4 Å². The topological polar surface area (TPSA) is 50.2 Å². The molecule has 0 unspecified atom stereocenters. The fourth-order valence-electron chi connectivity index (χ4n) is 6.11. The van der Waals surface area contributed by atoms with Crippen LogP contribution in [0.1, 0.15) is 64.6 Å². The number of aliphatic hydroxyl groups is 1. The molecule has 0 bridgehead atoms. The number of hydrogen-bond acceptors (Lipinski definition) is 3. The van der Waals surface area contributed by atoms with Crippen molar-refractivity contribution in [3.63, 3.8) is 0 Å². The number of nitrogens with zero attached hydrogens (tertiary/aromatic N) is 1. The van der Waals surface area contributed by atoms with Crippen LogP contribution in [0.5, 0.6) is 0 Å². The summed E-state index contributed by atoms with van der Waals surface area (Å²) in [5.74, 6) is 0.547. The molecule has 3 nitrogen and oxygen atoms in total. The normalized spacial score (nSPS) is 12.5. The first-order valence-electron chi connectivity index (χ1n) is 17.1. The molecule has 0 aliphatic carbocycles. The van der Waals surface area contributed by atoms with Gasteiger partial charge in [0.2, 0.25) is 0 Å². The van der Waals surface area contributed by atoms with Crippen molar-refractivity contribution < 1.29 is 30.0 Å². The smallest absolute Gasteiger partial charge is 0 e. The van der Waals surface area contributed by atoms with Crippen LogP contribution in [0.4, 0.5) is 0 Å².